The number of benzene rings is 2. The third-order valence-corrected chi connectivity index (χ3v) is 5.16. The van der Waals surface area contributed by atoms with Crippen LogP contribution in [0.2, 0.25) is 0 Å². The second kappa shape index (κ2) is 6.30. The largest absolute Gasteiger partial charge is 0.508 e. The molecule has 28 heavy (non-hydrogen) atoms. The van der Waals surface area contributed by atoms with Crippen LogP contribution in [0.15, 0.2) is 59.8 Å². The Kier molecular flexibility index (Phi) is 3.75. The highest BCUT2D eigenvalue weighted by atomic mass is 19.1. The van der Waals surface area contributed by atoms with E-state index in [9.17, 15) is 14.3 Å². The van der Waals surface area contributed by atoms with Crippen LogP contribution in [0.4, 0.5) is 10.3 Å². The van der Waals surface area contributed by atoms with Crippen molar-refractivity contribution >= 4 is 11.7 Å². The van der Waals surface area contributed by atoms with Crippen molar-refractivity contribution in [1.29, 1.82) is 0 Å². The Hall–Kier alpha value is -3.48. The van der Waals surface area contributed by atoms with Gasteiger partial charge in [0.05, 0.1) is 0 Å². The average molecular weight is 376 g/mol. The van der Waals surface area contributed by atoms with Crippen molar-refractivity contribution in [2.24, 2.45) is 0 Å². The van der Waals surface area contributed by atoms with Crippen molar-refractivity contribution in [3.8, 4) is 17.1 Å². The van der Waals surface area contributed by atoms with Crippen molar-refractivity contribution in [2.45, 2.75) is 25.3 Å². The van der Waals surface area contributed by atoms with Gasteiger partial charge in [0.15, 0.2) is 11.6 Å². The molecule has 0 saturated carbocycles. The summed E-state index contributed by atoms with van der Waals surface area (Å²) in [5, 5.41) is 17.6. The van der Waals surface area contributed by atoms with Crippen molar-refractivity contribution in [3.05, 3.63) is 71.2 Å². The first-order chi connectivity index (χ1) is 13.6. The minimum absolute atomic E-state index is 0.0723. The maximum Gasteiger partial charge on any atom is 0.226 e. The molecule has 1 aliphatic carbocycles. The number of rotatable bonds is 2. The van der Waals surface area contributed by atoms with Gasteiger partial charge in [0.25, 0.3) is 0 Å². The van der Waals surface area contributed by atoms with Gasteiger partial charge in [0.2, 0.25) is 5.95 Å². The highest BCUT2D eigenvalue weighted by molar-refractivity contribution is 5.99. The van der Waals surface area contributed by atoms with Crippen LogP contribution >= 0.6 is 0 Å². The first-order valence-electron chi connectivity index (χ1n) is 9.15. The maximum absolute atomic E-state index is 13.5. The van der Waals surface area contributed by atoms with Gasteiger partial charge in [-0.05, 0) is 42.7 Å². The minimum Gasteiger partial charge on any atom is -0.508 e. The number of hydrogen-bond acceptors (Lipinski definition) is 5. The molecule has 5 rings (SSSR count). The van der Waals surface area contributed by atoms with Gasteiger partial charge in [-0.15, -0.1) is 5.10 Å². The number of carbonyl (C=O) groups excluding carboxylic acids is 1. The van der Waals surface area contributed by atoms with E-state index in [1.807, 2.05) is 6.07 Å². The molecule has 0 bridgehead atoms. The molecule has 2 N–H and O–H groups in total. The van der Waals surface area contributed by atoms with Crippen molar-refractivity contribution in [1.82, 2.24) is 14.8 Å². The zero-order chi connectivity index (χ0) is 19.3. The summed E-state index contributed by atoms with van der Waals surface area (Å²) in [6.07, 6.45) is 2.03. The van der Waals surface area contributed by atoms with Crippen molar-refractivity contribution < 1.29 is 14.3 Å². The molecule has 0 radical (unpaired) electrons. The van der Waals surface area contributed by atoms with Gasteiger partial charge in [0.1, 0.15) is 17.6 Å². The molecule has 1 aliphatic heterocycles. The Labute approximate surface area is 160 Å². The van der Waals surface area contributed by atoms with Crippen LogP contribution in [0.25, 0.3) is 11.4 Å². The number of nitrogens with zero attached hydrogens (tertiary/aromatic N) is 3. The Bertz CT molecular complexity index is 1120. The third-order valence-electron chi connectivity index (χ3n) is 5.16. The molecule has 0 saturated heterocycles. The number of fused-ring (bicyclic) bond motifs is 1. The highest BCUT2D eigenvalue weighted by Gasteiger charge is 2.36. The molecule has 3 aromatic rings. The van der Waals surface area contributed by atoms with Crippen molar-refractivity contribution in [3.63, 3.8) is 0 Å². The van der Waals surface area contributed by atoms with E-state index >= 15 is 0 Å². The van der Waals surface area contributed by atoms with Gasteiger partial charge in [-0.1, -0.05) is 24.3 Å². The molecule has 7 heteroatoms. The Morgan fingerprint density at radius 3 is 2.75 bits per heavy atom. The minimum atomic E-state index is -0.460. The molecule has 2 aromatic carbocycles. The number of Topliss-reactive ketones (excluding diaryl/α,β-unsaturated/α-hetero) is 1. The predicted octanol–water partition coefficient (Wildman–Crippen LogP) is 3.81. The van der Waals surface area contributed by atoms with E-state index in [2.05, 4.69) is 15.4 Å². The van der Waals surface area contributed by atoms with Crippen LogP contribution in [-0.2, 0) is 4.79 Å². The number of phenolic OH excluding ortho intramolecular Hbond substituents is 1. The van der Waals surface area contributed by atoms with Crippen molar-refractivity contribution in [2.75, 3.05) is 5.32 Å². The van der Waals surface area contributed by atoms with E-state index in [1.165, 1.54) is 12.1 Å². The topological polar surface area (TPSA) is 80.0 Å². The summed E-state index contributed by atoms with van der Waals surface area (Å²) in [4.78, 5) is 17.3. The second-order valence-electron chi connectivity index (χ2n) is 7.00. The fraction of sp³-hybridized carbons (Fsp3) is 0.190. The number of aromatic hydroxyl groups is 1. The van der Waals surface area contributed by atoms with E-state index in [0.717, 1.165) is 24.1 Å². The zero-order valence-electron chi connectivity index (χ0n) is 14.9. The first-order valence-corrected chi connectivity index (χ1v) is 9.15. The second-order valence-corrected chi connectivity index (χ2v) is 7.00. The zero-order valence-corrected chi connectivity index (χ0v) is 14.9. The summed E-state index contributed by atoms with van der Waals surface area (Å²) < 4.78 is 15.1. The summed E-state index contributed by atoms with van der Waals surface area (Å²) in [5.41, 5.74) is 2.97. The van der Waals surface area contributed by atoms with Crippen LogP contribution in [0.5, 0.6) is 5.75 Å². The van der Waals surface area contributed by atoms with Crippen LogP contribution in [0.3, 0.4) is 0 Å². The normalized spacial score (nSPS) is 18.5. The number of halogens is 1. The molecule has 0 spiro atoms. The SMILES string of the molecule is O=C1CCCC2=C1C(c1ccc(F)cc1)n1nc(-c3cccc(O)c3)nc1N2. The van der Waals surface area contributed by atoms with Crippen LogP contribution in [-0.4, -0.2) is 25.7 Å². The highest BCUT2D eigenvalue weighted by Crippen LogP contribution is 2.40. The molecule has 1 unspecified atom stereocenters. The lowest BCUT2D eigenvalue weighted by Crippen LogP contribution is -2.31. The predicted molar refractivity (Wildman–Crippen MR) is 101 cm³/mol. The molecule has 6 nitrogen and oxygen atoms in total. The molecular formula is C21H17FN4O2. The van der Waals surface area contributed by atoms with E-state index in [4.69, 9.17) is 0 Å². The number of phenols is 1. The smallest absolute Gasteiger partial charge is 0.226 e. The summed E-state index contributed by atoms with van der Waals surface area (Å²) in [6, 6.07) is 12.4. The van der Waals surface area contributed by atoms with E-state index < -0.39 is 6.04 Å². The monoisotopic (exact) mass is 376 g/mol. The molecular weight excluding hydrogens is 359 g/mol. The quantitative estimate of drug-likeness (QED) is 0.711. The van der Waals surface area contributed by atoms with Gasteiger partial charge < -0.3 is 10.4 Å². The Morgan fingerprint density at radius 1 is 1.14 bits per heavy atom. The average Bonchev–Trinajstić information content (AvgIpc) is 3.11. The molecule has 1 atom stereocenters. The fourth-order valence-corrected chi connectivity index (χ4v) is 3.88. The van der Waals surface area contributed by atoms with E-state index in [1.54, 1.807) is 35.0 Å². The van der Waals surface area contributed by atoms with Gasteiger partial charge in [-0.3, -0.25) is 4.79 Å². The number of allylic oxidation sites excluding steroid dienone is 2. The summed E-state index contributed by atoms with van der Waals surface area (Å²) >= 11 is 0. The van der Waals surface area contributed by atoms with Crippen LogP contribution in [0, 0.1) is 5.82 Å². The first kappa shape index (κ1) is 16.7. The fourth-order valence-electron chi connectivity index (χ4n) is 3.88. The molecule has 0 amide bonds. The number of hydrogen-bond donors (Lipinski definition) is 2. The molecule has 140 valence electrons. The van der Waals surface area contributed by atoms with Gasteiger partial charge >= 0.3 is 0 Å². The Balaban J connectivity index is 1.68. The number of nitrogens with one attached hydrogen (secondary N) is 1. The molecule has 0 fully saturated rings. The molecule has 2 heterocycles. The summed E-state index contributed by atoms with van der Waals surface area (Å²) in [7, 11) is 0. The number of ketones is 1. The van der Waals surface area contributed by atoms with Crippen LogP contribution < -0.4 is 5.32 Å². The summed E-state index contributed by atoms with van der Waals surface area (Å²) in [5.74, 6) is 0.837. The maximum atomic E-state index is 13.5. The lowest BCUT2D eigenvalue weighted by atomic mass is 9.85. The van der Waals surface area contributed by atoms with Crippen LogP contribution in [0.1, 0.15) is 30.9 Å². The number of anilines is 1. The van der Waals surface area contributed by atoms with Gasteiger partial charge in [0, 0.05) is 23.3 Å². The lowest BCUT2D eigenvalue weighted by molar-refractivity contribution is -0.116. The van der Waals surface area contributed by atoms with E-state index in [0.29, 0.717) is 29.3 Å². The third kappa shape index (κ3) is 2.67. The molecule has 2 aliphatic rings. The molecule has 1 aromatic heterocycles. The number of carbonyl (C=O) groups is 1. The van der Waals surface area contributed by atoms with E-state index in [-0.39, 0.29) is 17.3 Å². The lowest BCUT2D eigenvalue weighted by Gasteiger charge is -2.32. The Morgan fingerprint density at radius 2 is 1.96 bits per heavy atom. The number of aromatic nitrogens is 3. The van der Waals surface area contributed by atoms with Gasteiger partial charge in [-0.2, -0.15) is 4.98 Å². The van der Waals surface area contributed by atoms with Gasteiger partial charge in [-0.25, -0.2) is 9.07 Å². The standard InChI is InChI=1S/C21H17FN4O2/c22-14-9-7-12(8-10-14)19-18-16(5-2-6-17(18)28)23-21-24-20(25-26(19)21)13-3-1-4-15(27)11-13/h1,3-4,7-11,19,27H,2,5-6H2,(H,23,24,25). The summed E-state index contributed by atoms with van der Waals surface area (Å²) in [6.45, 7) is 0.